The van der Waals surface area contributed by atoms with Crippen LogP contribution in [-0.2, 0) is 14.3 Å². The fourth-order valence-corrected chi connectivity index (χ4v) is 0.876. The van der Waals surface area contributed by atoms with Gasteiger partial charge in [-0.15, -0.1) is 0 Å². The highest BCUT2D eigenvalue weighted by molar-refractivity contribution is 5.88. The van der Waals surface area contributed by atoms with Gasteiger partial charge in [-0.05, 0) is 0 Å². The van der Waals surface area contributed by atoms with Crippen molar-refractivity contribution in [1.29, 1.82) is 0 Å². The van der Waals surface area contributed by atoms with Crippen molar-refractivity contribution in [2.45, 2.75) is 24.4 Å². The molecule has 0 aromatic carbocycles. The van der Waals surface area contributed by atoms with Gasteiger partial charge in [0.15, 0.2) is 6.10 Å². The Kier molecular flexibility index (Phi) is 6.80. The molecule has 17 heavy (non-hydrogen) atoms. The van der Waals surface area contributed by atoms with Crippen molar-refractivity contribution in [2.75, 3.05) is 13.2 Å². The van der Waals surface area contributed by atoms with Gasteiger partial charge >= 0.3 is 11.9 Å². The van der Waals surface area contributed by atoms with Crippen LogP contribution in [-0.4, -0.2) is 75.0 Å². The molecule has 0 rings (SSSR count). The van der Waals surface area contributed by atoms with E-state index >= 15 is 0 Å². The van der Waals surface area contributed by atoms with Crippen molar-refractivity contribution in [1.82, 2.24) is 0 Å². The van der Waals surface area contributed by atoms with Crippen LogP contribution >= 0.6 is 0 Å². The Labute approximate surface area is 96.0 Å². The van der Waals surface area contributed by atoms with Crippen LogP contribution in [0.25, 0.3) is 0 Å². The molecule has 0 heterocycles. The van der Waals surface area contributed by atoms with E-state index in [4.69, 9.17) is 21.1 Å². The van der Waals surface area contributed by atoms with E-state index in [2.05, 4.69) is 4.74 Å². The maximum absolute atomic E-state index is 11.0. The Morgan fingerprint density at radius 1 is 1.12 bits per heavy atom. The predicted octanol–water partition coefficient (Wildman–Crippen LogP) is -4.55. The number of esters is 2. The molecule has 4 atom stereocenters. The molecule has 0 aliphatic heterocycles. The van der Waals surface area contributed by atoms with Crippen LogP contribution in [0.15, 0.2) is 0 Å². The summed E-state index contributed by atoms with van der Waals surface area (Å²) in [6.07, 6.45) is -8.09. The Morgan fingerprint density at radius 2 is 1.65 bits per heavy atom. The molecule has 0 saturated carbocycles. The van der Waals surface area contributed by atoms with Gasteiger partial charge in [-0.2, -0.15) is 0 Å². The zero-order valence-corrected chi connectivity index (χ0v) is 8.76. The van der Waals surface area contributed by atoms with Crippen LogP contribution in [0.2, 0.25) is 0 Å². The van der Waals surface area contributed by atoms with E-state index < -0.39 is 49.5 Å². The van der Waals surface area contributed by atoms with Crippen LogP contribution in [0.5, 0.6) is 0 Å². The molecular formula is C8H15NO8. The quantitative estimate of drug-likeness (QED) is 0.201. The highest BCUT2D eigenvalue weighted by Gasteiger charge is 2.35. The lowest BCUT2D eigenvalue weighted by Crippen LogP contribution is -2.49. The van der Waals surface area contributed by atoms with Gasteiger partial charge in [-0.25, -0.2) is 4.79 Å². The Hall–Kier alpha value is -1.10. The molecule has 100 valence electrons. The number of ether oxygens (including phenoxy) is 1. The number of hydrogen-bond donors (Lipinski definition) is 6. The molecule has 0 bridgehead atoms. The van der Waals surface area contributed by atoms with E-state index in [1.165, 1.54) is 0 Å². The molecule has 0 aromatic rings. The standard InChI is InChI=1S/C8H15NO8/c9-1-4(12)17-8(16)7(15)6(14)5(13)3(11)2-10/h3,5-7,10-11,13-15H,1-2,9H2/t3-,5-,6+,7+/m1/s1. The topological polar surface area (TPSA) is 171 Å². The summed E-state index contributed by atoms with van der Waals surface area (Å²) >= 11 is 0. The van der Waals surface area contributed by atoms with Gasteiger partial charge in [-0.3, -0.25) is 4.79 Å². The number of aliphatic hydroxyl groups is 5. The van der Waals surface area contributed by atoms with E-state index in [1.54, 1.807) is 0 Å². The molecule has 9 nitrogen and oxygen atoms in total. The second-order valence-electron chi connectivity index (χ2n) is 3.17. The van der Waals surface area contributed by atoms with Crippen molar-refractivity contribution in [3.8, 4) is 0 Å². The van der Waals surface area contributed by atoms with Gasteiger partial charge in [0.1, 0.15) is 18.3 Å². The molecule has 7 N–H and O–H groups in total. The van der Waals surface area contributed by atoms with E-state index in [0.29, 0.717) is 0 Å². The monoisotopic (exact) mass is 253 g/mol. The third-order valence-electron chi connectivity index (χ3n) is 1.88. The minimum absolute atomic E-state index is 0.601. The molecular weight excluding hydrogens is 238 g/mol. The zero-order chi connectivity index (χ0) is 13.6. The van der Waals surface area contributed by atoms with Crippen molar-refractivity contribution in [2.24, 2.45) is 5.73 Å². The number of nitrogens with two attached hydrogens (primary N) is 1. The average molecular weight is 253 g/mol. The maximum Gasteiger partial charge on any atom is 0.345 e. The molecule has 9 heteroatoms. The molecule has 0 unspecified atom stereocenters. The number of aliphatic hydroxyl groups excluding tert-OH is 5. The van der Waals surface area contributed by atoms with Gasteiger partial charge < -0.3 is 36.0 Å². The van der Waals surface area contributed by atoms with Crippen LogP contribution in [0.1, 0.15) is 0 Å². The second kappa shape index (κ2) is 7.27. The summed E-state index contributed by atoms with van der Waals surface area (Å²) in [6, 6.07) is 0. The molecule has 0 radical (unpaired) electrons. The summed E-state index contributed by atoms with van der Waals surface area (Å²) in [7, 11) is 0. The van der Waals surface area contributed by atoms with Crippen molar-refractivity contribution in [3.05, 3.63) is 0 Å². The van der Waals surface area contributed by atoms with E-state index in [0.717, 1.165) is 0 Å². The lowest BCUT2D eigenvalue weighted by molar-refractivity contribution is -0.176. The first kappa shape index (κ1) is 15.9. The van der Waals surface area contributed by atoms with E-state index in [9.17, 15) is 19.8 Å². The molecule has 0 amide bonds. The van der Waals surface area contributed by atoms with Crippen LogP contribution in [0, 0.1) is 0 Å². The number of rotatable bonds is 6. The largest absolute Gasteiger partial charge is 0.394 e. The number of hydrogen-bond acceptors (Lipinski definition) is 9. The second-order valence-corrected chi connectivity index (χ2v) is 3.17. The van der Waals surface area contributed by atoms with Crippen molar-refractivity contribution in [3.63, 3.8) is 0 Å². The first-order valence-corrected chi connectivity index (χ1v) is 4.62. The van der Waals surface area contributed by atoms with Gasteiger partial charge in [0.25, 0.3) is 0 Å². The summed E-state index contributed by atoms with van der Waals surface area (Å²) in [4.78, 5) is 21.6. The number of carbonyl (C=O) groups excluding carboxylic acids is 2. The Balaban J connectivity index is 4.43. The molecule has 0 aliphatic carbocycles. The summed E-state index contributed by atoms with van der Waals surface area (Å²) in [6.45, 7) is -1.49. The summed E-state index contributed by atoms with van der Waals surface area (Å²) in [5.41, 5.74) is 4.83. The minimum Gasteiger partial charge on any atom is -0.394 e. The molecule has 0 spiro atoms. The van der Waals surface area contributed by atoms with Gasteiger partial charge in [0.05, 0.1) is 13.2 Å². The smallest absolute Gasteiger partial charge is 0.345 e. The highest BCUT2D eigenvalue weighted by Crippen LogP contribution is 2.06. The average Bonchev–Trinajstić information content (AvgIpc) is 2.34. The third kappa shape index (κ3) is 4.73. The highest BCUT2D eigenvalue weighted by atomic mass is 16.6. The Bertz CT molecular complexity index is 270. The SMILES string of the molecule is NCC(=O)OC(=O)[C@@H](O)[C@@H](O)[C@H](O)[C@H](O)CO. The lowest BCUT2D eigenvalue weighted by atomic mass is 10.0. The molecule has 0 fully saturated rings. The zero-order valence-electron chi connectivity index (χ0n) is 8.76. The lowest BCUT2D eigenvalue weighted by Gasteiger charge is -2.24. The van der Waals surface area contributed by atoms with Gasteiger partial charge in [0, 0.05) is 0 Å². The van der Waals surface area contributed by atoms with Gasteiger partial charge in [-0.1, -0.05) is 0 Å². The fourth-order valence-electron chi connectivity index (χ4n) is 0.876. The molecule has 0 saturated heterocycles. The first-order valence-electron chi connectivity index (χ1n) is 4.62. The minimum atomic E-state index is -2.25. The molecule has 0 aliphatic rings. The van der Waals surface area contributed by atoms with E-state index in [1.807, 2.05) is 0 Å². The Morgan fingerprint density at radius 3 is 2.06 bits per heavy atom. The maximum atomic E-state index is 11.0. The summed E-state index contributed by atoms with van der Waals surface area (Å²) < 4.78 is 3.98. The fraction of sp³-hybridized carbons (Fsp3) is 0.750. The van der Waals surface area contributed by atoms with Gasteiger partial charge in [0.2, 0.25) is 0 Å². The van der Waals surface area contributed by atoms with Crippen molar-refractivity contribution < 1.29 is 39.9 Å². The molecule has 0 aromatic heterocycles. The van der Waals surface area contributed by atoms with Crippen LogP contribution in [0.4, 0.5) is 0 Å². The predicted molar refractivity (Wildman–Crippen MR) is 51.3 cm³/mol. The third-order valence-corrected chi connectivity index (χ3v) is 1.88. The van der Waals surface area contributed by atoms with Crippen LogP contribution in [0.3, 0.4) is 0 Å². The van der Waals surface area contributed by atoms with E-state index in [-0.39, 0.29) is 0 Å². The normalized spacial score (nSPS) is 18.0. The summed E-state index contributed by atoms with van der Waals surface area (Å²) in [5, 5.41) is 45.0. The first-order chi connectivity index (χ1) is 7.84. The van der Waals surface area contributed by atoms with Crippen molar-refractivity contribution >= 4 is 11.9 Å². The number of carbonyl (C=O) groups is 2. The van der Waals surface area contributed by atoms with Crippen LogP contribution < -0.4 is 5.73 Å². The summed E-state index contributed by atoms with van der Waals surface area (Å²) in [5.74, 6) is -2.64.